The van der Waals surface area contributed by atoms with E-state index in [0.29, 0.717) is 5.11 Å². The quantitative estimate of drug-likeness (QED) is 0.384. The van der Waals surface area contributed by atoms with E-state index in [0.717, 1.165) is 34.1 Å². The SMILES string of the molecule is CCc1ccc(N2C(=S)N[C@H](c3ccccn3)[C@H]2c2cc3c(cc2Cl)N(C)C(C)(C)C=C3C)cc1. The fourth-order valence-electron chi connectivity index (χ4n) is 5.26. The number of nitrogens with one attached hydrogen (secondary N) is 1. The molecule has 0 saturated carbocycles. The Hall–Kier alpha value is -2.89. The third-order valence-electron chi connectivity index (χ3n) is 7.37. The number of nitrogens with zero attached hydrogens (tertiary/aromatic N) is 3. The van der Waals surface area contributed by atoms with E-state index < -0.39 is 0 Å². The predicted octanol–water partition coefficient (Wildman–Crippen LogP) is 7.11. The molecule has 1 fully saturated rings. The molecule has 0 spiro atoms. The first-order valence-electron chi connectivity index (χ1n) is 12.1. The molecule has 1 saturated heterocycles. The lowest BCUT2D eigenvalue weighted by Crippen LogP contribution is -2.42. The lowest BCUT2D eigenvalue weighted by molar-refractivity contribution is 0.567. The number of aromatic nitrogens is 1. The van der Waals surface area contributed by atoms with Gasteiger partial charge in [-0.15, -0.1) is 0 Å². The molecule has 3 heterocycles. The van der Waals surface area contributed by atoms with Crippen molar-refractivity contribution < 1.29 is 0 Å². The number of hydrogen-bond donors (Lipinski definition) is 1. The smallest absolute Gasteiger partial charge is 0.174 e. The Morgan fingerprint density at radius 1 is 1.11 bits per heavy atom. The molecule has 2 atom stereocenters. The minimum Gasteiger partial charge on any atom is -0.365 e. The van der Waals surface area contributed by atoms with Crippen LogP contribution in [0.25, 0.3) is 5.57 Å². The number of fused-ring (bicyclic) bond motifs is 1. The first-order valence-corrected chi connectivity index (χ1v) is 12.9. The third-order valence-corrected chi connectivity index (χ3v) is 8.02. The van der Waals surface area contributed by atoms with Crippen molar-refractivity contribution in [2.75, 3.05) is 16.8 Å². The van der Waals surface area contributed by atoms with E-state index in [1.165, 1.54) is 16.7 Å². The molecule has 2 aromatic carbocycles. The number of benzene rings is 2. The fraction of sp³-hybridized carbons (Fsp3) is 0.310. The number of aryl methyl sites for hydroxylation is 1. The van der Waals surface area contributed by atoms with Crippen LogP contribution >= 0.6 is 23.8 Å². The summed E-state index contributed by atoms with van der Waals surface area (Å²) in [5, 5.41) is 4.95. The van der Waals surface area contributed by atoms with Gasteiger partial charge < -0.3 is 15.1 Å². The first-order chi connectivity index (χ1) is 16.7. The topological polar surface area (TPSA) is 31.4 Å². The molecule has 0 amide bonds. The highest BCUT2D eigenvalue weighted by molar-refractivity contribution is 7.80. The average molecular weight is 503 g/mol. The van der Waals surface area contributed by atoms with Crippen LogP contribution in [0.3, 0.4) is 0 Å². The van der Waals surface area contributed by atoms with Crippen molar-refractivity contribution in [3.8, 4) is 0 Å². The van der Waals surface area contributed by atoms with Crippen LogP contribution in [0.1, 0.15) is 62.2 Å². The summed E-state index contributed by atoms with van der Waals surface area (Å²) in [6, 6.07) is 18.7. The molecule has 1 aromatic heterocycles. The van der Waals surface area contributed by atoms with E-state index in [1.807, 2.05) is 24.4 Å². The summed E-state index contributed by atoms with van der Waals surface area (Å²) in [4.78, 5) is 9.16. The van der Waals surface area contributed by atoms with Crippen LogP contribution in [-0.4, -0.2) is 22.7 Å². The summed E-state index contributed by atoms with van der Waals surface area (Å²) in [5.41, 5.74) is 7.83. The van der Waals surface area contributed by atoms with E-state index in [-0.39, 0.29) is 17.6 Å². The fourth-order valence-corrected chi connectivity index (χ4v) is 5.87. The van der Waals surface area contributed by atoms with Crippen molar-refractivity contribution in [2.24, 2.45) is 0 Å². The Morgan fingerprint density at radius 2 is 1.86 bits per heavy atom. The van der Waals surface area contributed by atoms with Gasteiger partial charge in [-0.2, -0.15) is 0 Å². The summed E-state index contributed by atoms with van der Waals surface area (Å²) in [6.45, 7) is 8.79. The van der Waals surface area contributed by atoms with E-state index in [4.69, 9.17) is 23.8 Å². The average Bonchev–Trinajstić information content (AvgIpc) is 3.19. The summed E-state index contributed by atoms with van der Waals surface area (Å²) in [7, 11) is 2.13. The zero-order valence-electron chi connectivity index (χ0n) is 20.8. The van der Waals surface area contributed by atoms with E-state index in [9.17, 15) is 0 Å². The number of anilines is 2. The Labute approximate surface area is 218 Å². The molecular weight excluding hydrogens is 472 g/mol. The van der Waals surface area contributed by atoms with E-state index in [2.05, 4.69) is 97.3 Å². The highest BCUT2D eigenvalue weighted by Crippen LogP contribution is 2.47. The van der Waals surface area contributed by atoms with E-state index in [1.54, 1.807) is 0 Å². The van der Waals surface area contributed by atoms with Crippen LogP contribution in [0.5, 0.6) is 0 Å². The number of halogens is 1. The number of pyridine rings is 1. The summed E-state index contributed by atoms with van der Waals surface area (Å²) >= 11 is 13.0. The maximum absolute atomic E-state index is 7.08. The van der Waals surface area contributed by atoms with Crippen molar-refractivity contribution in [1.29, 1.82) is 0 Å². The third kappa shape index (κ3) is 4.11. The zero-order valence-corrected chi connectivity index (χ0v) is 22.4. The number of rotatable bonds is 4. The van der Waals surface area contributed by atoms with Crippen LogP contribution in [0.4, 0.5) is 11.4 Å². The minimum atomic E-state index is -0.143. The number of thiocarbonyl (C=S) groups is 1. The molecule has 2 aliphatic rings. The second-order valence-corrected chi connectivity index (χ2v) is 10.7. The number of likely N-dealkylation sites (N-methyl/N-ethyl adjacent to an activating group) is 1. The van der Waals surface area contributed by atoms with Gasteiger partial charge in [-0.3, -0.25) is 4.98 Å². The van der Waals surface area contributed by atoms with Crippen LogP contribution in [0.15, 0.2) is 66.9 Å². The molecule has 180 valence electrons. The Balaban J connectivity index is 1.68. The van der Waals surface area contributed by atoms with Crippen molar-refractivity contribution in [3.63, 3.8) is 0 Å². The van der Waals surface area contributed by atoms with Crippen LogP contribution in [0.2, 0.25) is 5.02 Å². The highest BCUT2D eigenvalue weighted by atomic mass is 35.5. The van der Waals surface area contributed by atoms with Crippen molar-refractivity contribution in [3.05, 3.63) is 94.3 Å². The van der Waals surface area contributed by atoms with Gasteiger partial charge in [-0.1, -0.05) is 42.8 Å². The van der Waals surface area contributed by atoms with Crippen LogP contribution < -0.4 is 15.1 Å². The van der Waals surface area contributed by atoms with Crippen LogP contribution in [-0.2, 0) is 6.42 Å². The van der Waals surface area contributed by atoms with Gasteiger partial charge in [0.1, 0.15) is 0 Å². The molecule has 1 N–H and O–H groups in total. The maximum Gasteiger partial charge on any atom is 0.174 e. The molecule has 0 aliphatic carbocycles. The largest absolute Gasteiger partial charge is 0.365 e. The van der Waals surface area contributed by atoms with Gasteiger partial charge in [0.2, 0.25) is 0 Å². The molecule has 0 bridgehead atoms. The second kappa shape index (κ2) is 8.96. The maximum atomic E-state index is 7.08. The lowest BCUT2D eigenvalue weighted by atomic mass is 9.86. The van der Waals surface area contributed by atoms with Gasteiger partial charge in [0.15, 0.2) is 5.11 Å². The zero-order chi connectivity index (χ0) is 24.9. The Bertz CT molecular complexity index is 1300. The molecule has 5 rings (SSSR count). The minimum absolute atomic E-state index is 0.0814. The van der Waals surface area contributed by atoms with Crippen LogP contribution in [0, 0.1) is 0 Å². The summed E-state index contributed by atoms with van der Waals surface area (Å²) in [5.74, 6) is 0. The molecule has 2 aliphatic heterocycles. The number of hydrogen-bond acceptors (Lipinski definition) is 3. The highest BCUT2D eigenvalue weighted by Gasteiger charge is 2.42. The van der Waals surface area contributed by atoms with Gasteiger partial charge in [0.05, 0.1) is 23.3 Å². The molecule has 4 nitrogen and oxygen atoms in total. The molecule has 0 radical (unpaired) electrons. The standard InChI is InChI=1S/C29H31ClN4S/c1-6-19-10-12-20(13-11-19)34-27(26(32-28(34)35)24-9-7-8-14-31-24)22-15-21-18(2)17-29(3,4)33(5)25(21)16-23(22)30/h7-17,26-27H,6H2,1-5H3,(H,32,35)/t26-,27-/m1/s1. The first kappa shape index (κ1) is 23.8. The van der Waals surface area contributed by atoms with Gasteiger partial charge >= 0.3 is 0 Å². The lowest BCUT2D eigenvalue weighted by Gasteiger charge is -2.41. The Morgan fingerprint density at radius 3 is 2.51 bits per heavy atom. The molecule has 6 heteroatoms. The molecule has 3 aromatic rings. The predicted molar refractivity (Wildman–Crippen MR) is 151 cm³/mol. The molecule has 0 unspecified atom stereocenters. The summed E-state index contributed by atoms with van der Waals surface area (Å²) < 4.78 is 0. The number of allylic oxidation sites excluding steroid dienone is 1. The van der Waals surface area contributed by atoms with Gasteiger partial charge in [-0.05, 0) is 92.5 Å². The Kier molecular flexibility index (Phi) is 6.10. The van der Waals surface area contributed by atoms with Crippen molar-refractivity contribution in [2.45, 2.75) is 51.7 Å². The second-order valence-electron chi connectivity index (χ2n) is 9.95. The molecular formula is C29H31ClN4S. The monoisotopic (exact) mass is 502 g/mol. The van der Waals surface area contributed by atoms with Crippen molar-refractivity contribution in [1.82, 2.24) is 10.3 Å². The van der Waals surface area contributed by atoms with Gasteiger partial charge in [0.25, 0.3) is 0 Å². The van der Waals surface area contributed by atoms with Gasteiger partial charge in [0, 0.05) is 35.2 Å². The van der Waals surface area contributed by atoms with E-state index >= 15 is 0 Å². The summed E-state index contributed by atoms with van der Waals surface area (Å²) in [6.07, 6.45) is 5.14. The van der Waals surface area contributed by atoms with Gasteiger partial charge in [-0.25, -0.2) is 0 Å². The normalized spacial score (nSPS) is 21.0. The van der Waals surface area contributed by atoms with Crippen molar-refractivity contribution >= 4 is 45.9 Å². The molecule has 35 heavy (non-hydrogen) atoms.